The molecule has 19 heavy (non-hydrogen) atoms. The summed E-state index contributed by atoms with van der Waals surface area (Å²) in [5.41, 5.74) is 0. The predicted octanol–water partition coefficient (Wildman–Crippen LogP) is 1.44. The minimum atomic E-state index is 0.367. The molecule has 1 radical (unpaired) electrons. The zero-order valence-electron chi connectivity index (χ0n) is 11.1. The van der Waals surface area contributed by atoms with Gasteiger partial charge in [-0.3, -0.25) is 0 Å². The standard InChI is InChI=1S/C14H20N3O2/c1-4-14(16-15-7-1)17-8-2-3-12(17)11-19-13-5-9-18-10-6-13/h1,4,12-13H,2-3,5-6,8-11H2/t12-/m0/s1. The van der Waals surface area contributed by atoms with Gasteiger partial charge in [-0.05, 0) is 37.8 Å². The number of aromatic nitrogens is 2. The van der Waals surface area contributed by atoms with Crippen molar-refractivity contribution in [1.29, 1.82) is 0 Å². The third-order valence-electron chi connectivity index (χ3n) is 3.88. The molecule has 5 heteroatoms. The van der Waals surface area contributed by atoms with Crippen molar-refractivity contribution < 1.29 is 9.47 Å². The second-order valence-electron chi connectivity index (χ2n) is 5.16. The van der Waals surface area contributed by atoms with Gasteiger partial charge in [0, 0.05) is 19.8 Å². The maximum absolute atomic E-state index is 6.04. The molecule has 0 N–H and O–H groups in total. The summed E-state index contributed by atoms with van der Waals surface area (Å²) in [6.07, 6.45) is 7.50. The maximum atomic E-state index is 6.04. The van der Waals surface area contributed by atoms with Gasteiger partial charge in [-0.1, -0.05) is 0 Å². The maximum Gasteiger partial charge on any atom is 0.151 e. The van der Waals surface area contributed by atoms with Gasteiger partial charge in [-0.2, -0.15) is 0 Å². The van der Waals surface area contributed by atoms with Crippen LogP contribution in [0.2, 0.25) is 0 Å². The number of rotatable bonds is 4. The number of ether oxygens (including phenoxy) is 2. The van der Waals surface area contributed by atoms with Crippen LogP contribution in [-0.2, 0) is 9.47 Å². The molecule has 0 bridgehead atoms. The van der Waals surface area contributed by atoms with E-state index in [4.69, 9.17) is 9.47 Å². The SMILES string of the molecule is [c]1ccc(N2CCC[C@H]2COC2CCOCC2)nn1. The van der Waals surface area contributed by atoms with E-state index in [2.05, 4.69) is 21.3 Å². The van der Waals surface area contributed by atoms with Crippen molar-refractivity contribution in [2.24, 2.45) is 0 Å². The molecule has 2 saturated heterocycles. The van der Waals surface area contributed by atoms with Crippen molar-refractivity contribution in [2.45, 2.75) is 37.8 Å². The molecule has 0 unspecified atom stereocenters. The Balaban J connectivity index is 1.54. The van der Waals surface area contributed by atoms with E-state index in [9.17, 15) is 0 Å². The fourth-order valence-corrected chi connectivity index (χ4v) is 2.81. The molecule has 3 rings (SSSR count). The van der Waals surface area contributed by atoms with Crippen molar-refractivity contribution in [3.05, 3.63) is 18.3 Å². The van der Waals surface area contributed by atoms with E-state index in [1.54, 1.807) is 0 Å². The van der Waals surface area contributed by atoms with Crippen LogP contribution in [0, 0.1) is 6.20 Å². The van der Waals surface area contributed by atoms with Gasteiger partial charge in [0.25, 0.3) is 0 Å². The molecule has 103 valence electrons. The fraction of sp³-hybridized carbons (Fsp3) is 0.714. The van der Waals surface area contributed by atoms with Gasteiger partial charge in [0.05, 0.1) is 18.8 Å². The molecule has 0 spiro atoms. The number of nitrogens with zero attached hydrogens (tertiary/aromatic N) is 3. The predicted molar refractivity (Wildman–Crippen MR) is 71.0 cm³/mol. The van der Waals surface area contributed by atoms with Crippen LogP contribution in [0.4, 0.5) is 5.82 Å². The zero-order chi connectivity index (χ0) is 12.9. The monoisotopic (exact) mass is 262 g/mol. The Morgan fingerprint density at radius 2 is 2.26 bits per heavy atom. The lowest BCUT2D eigenvalue weighted by atomic mass is 10.1. The van der Waals surface area contributed by atoms with Crippen LogP contribution in [0.15, 0.2) is 12.1 Å². The first-order valence-electron chi connectivity index (χ1n) is 7.09. The lowest BCUT2D eigenvalue weighted by molar-refractivity contribution is -0.0353. The van der Waals surface area contributed by atoms with E-state index in [1.165, 1.54) is 12.8 Å². The Bertz CT molecular complexity index is 382. The van der Waals surface area contributed by atoms with Crippen LogP contribution in [0.1, 0.15) is 25.7 Å². The molecular formula is C14H20N3O2. The lowest BCUT2D eigenvalue weighted by Gasteiger charge is -2.28. The molecule has 2 aliphatic rings. The number of hydrogen-bond acceptors (Lipinski definition) is 5. The van der Waals surface area contributed by atoms with Crippen molar-refractivity contribution in [2.75, 3.05) is 31.3 Å². The third kappa shape index (κ3) is 3.22. The molecule has 2 fully saturated rings. The Morgan fingerprint density at radius 3 is 3.05 bits per heavy atom. The molecule has 0 amide bonds. The minimum absolute atomic E-state index is 0.367. The van der Waals surface area contributed by atoms with Gasteiger partial charge < -0.3 is 14.4 Å². The molecule has 1 atom stereocenters. The van der Waals surface area contributed by atoms with Gasteiger partial charge >= 0.3 is 0 Å². The number of hydrogen-bond donors (Lipinski definition) is 0. The van der Waals surface area contributed by atoms with Crippen molar-refractivity contribution in [3.8, 4) is 0 Å². The highest BCUT2D eigenvalue weighted by atomic mass is 16.5. The summed E-state index contributed by atoms with van der Waals surface area (Å²) in [5.74, 6) is 0.942. The molecular weight excluding hydrogens is 242 g/mol. The molecule has 2 aliphatic heterocycles. The highest BCUT2D eigenvalue weighted by molar-refractivity contribution is 5.39. The van der Waals surface area contributed by atoms with E-state index in [1.807, 2.05) is 12.1 Å². The summed E-state index contributed by atoms with van der Waals surface area (Å²) in [6.45, 7) is 3.49. The Kier molecular flexibility index (Phi) is 4.25. The fourth-order valence-electron chi connectivity index (χ4n) is 2.81. The Labute approximate surface area is 113 Å². The van der Waals surface area contributed by atoms with E-state index in [0.717, 1.165) is 45.0 Å². The molecule has 0 aromatic carbocycles. The van der Waals surface area contributed by atoms with Crippen molar-refractivity contribution in [1.82, 2.24) is 10.2 Å². The quantitative estimate of drug-likeness (QED) is 0.821. The summed E-state index contributed by atoms with van der Waals surface area (Å²) >= 11 is 0. The molecule has 0 saturated carbocycles. The zero-order valence-corrected chi connectivity index (χ0v) is 11.1. The summed E-state index contributed by atoms with van der Waals surface area (Å²) < 4.78 is 11.4. The Morgan fingerprint density at radius 1 is 1.37 bits per heavy atom. The van der Waals surface area contributed by atoms with E-state index >= 15 is 0 Å². The first kappa shape index (κ1) is 12.8. The summed E-state index contributed by atoms with van der Waals surface area (Å²) in [7, 11) is 0. The van der Waals surface area contributed by atoms with Gasteiger partial charge in [0.1, 0.15) is 6.20 Å². The first-order valence-corrected chi connectivity index (χ1v) is 7.09. The molecule has 0 aliphatic carbocycles. The van der Waals surface area contributed by atoms with Gasteiger partial charge in [-0.15, -0.1) is 10.2 Å². The van der Waals surface area contributed by atoms with Crippen LogP contribution in [-0.4, -0.2) is 48.7 Å². The lowest BCUT2D eigenvalue weighted by Crippen LogP contribution is -2.36. The smallest absolute Gasteiger partial charge is 0.151 e. The highest BCUT2D eigenvalue weighted by Crippen LogP contribution is 2.24. The molecule has 1 aromatic rings. The van der Waals surface area contributed by atoms with Crippen LogP contribution < -0.4 is 4.90 Å². The van der Waals surface area contributed by atoms with Gasteiger partial charge in [-0.25, -0.2) is 0 Å². The van der Waals surface area contributed by atoms with Crippen LogP contribution >= 0.6 is 0 Å². The topological polar surface area (TPSA) is 47.5 Å². The molecule has 5 nitrogen and oxygen atoms in total. The van der Waals surface area contributed by atoms with Gasteiger partial charge in [0.2, 0.25) is 0 Å². The second-order valence-corrected chi connectivity index (χ2v) is 5.16. The van der Waals surface area contributed by atoms with Crippen molar-refractivity contribution in [3.63, 3.8) is 0 Å². The summed E-state index contributed by atoms with van der Waals surface area (Å²) in [4.78, 5) is 2.31. The first-order chi connectivity index (χ1) is 9.43. The van der Waals surface area contributed by atoms with E-state index in [0.29, 0.717) is 12.1 Å². The average molecular weight is 262 g/mol. The molecule has 3 heterocycles. The largest absolute Gasteiger partial charge is 0.381 e. The van der Waals surface area contributed by atoms with E-state index in [-0.39, 0.29) is 0 Å². The number of anilines is 1. The second kappa shape index (κ2) is 6.30. The third-order valence-corrected chi connectivity index (χ3v) is 3.88. The average Bonchev–Trinajstić information content (AvgIpc) is 2.95. The minimum Gasteiger partial charge on any atom is -0.381 e. The van der Waals surface area contributed by atoms with Crippen LogP contribution in [0.25, 0.3) is 0 Å². The van der Waals surface area contributed by atoms with E-state index < -0.39 is 0 Å². The summed E-state index contributed by atoms with van der Waals surface area (Å²) in [5, 5.41) is 7.99. The normalized spacial score (nSPS) is 24.8. The Hall–Kier alpha value is -1.20. The van der Waals surface area contributed by atoms with Crippen LogP contribution in [0.5, 0.6) is 0 Å². The highest BCUT2D eigenvalue weighted by Gasteiger charge is 2.27. The van der Waals surface area contributed by atoms with Crippen LogP contribution in [0.3, 0.4) is 0 Å². The van der Waals surface area contributed by atoms with Crippen molar-refractivity contribution >= 4 is 5.82 Å². The molecule has 1 aromatic heterocycles. The van der Waals surface area contributed by atoms with Gasteiger partial charge in [0.15, 0.2) is 5.82 Å². The summed E-state index contributed by atoms with van der Waals surface area (Å²) in [6, 6.07) is 4.22.